The second-order valence-electron chi connectivity index (χ2n) is 4.67. The molecule has 0 heterocycles. The Morgan fingerprint density at radius 2 is 2.05 bits per heavy atom. The fraction of sp³-hybridized carbons (Fsp3) is 0.500. The third-order valence-corrected chi connectivity index (χ3v) is 3.22. The van der Waals surface area contributed by atoms with Gasteiger partial charge in [0, 0.05) is 6.54 Å². The van der Waals surface area contributed by atoms with Gasteiger partial charge in [0.2, 0.25) is 5.91 Å². The molecule has 2 N–H and O–H groups in total. The van der Waals surface area contributed by atoms with Gasteiger partial charge in [-0.05, 0) is 25.5 Å². The van der Waals surface area contributed by atoms with Crippen molar-refractivity contribution in [3.8, 4) is 0 Å². The third-order valence-electron chi connectivity index (χ3n) is 2.90. The van der Waals surface area contributed by atoms with Crippen LogP contribution < -0.4 is 10.6 Å². The molecule has 0 radical (unpaired) electrons. The lowest BCUT2D eigenvalue weighted by Crippen LogP contribution is -2.38. The highest BCUT2D eigenvalue weighted by atomic mass is 35.5. The molecule has 1 amide bonds. The van der Waals surface area contributed by atoms with Crippen molar-refractivity contribution in [3.63, 3.8) is 0 Å². The number of benzene rings is 1. The van der Waals surface area contributed by atoms with Crippen LogP contribution in [0.4, 0.5) is 18.9 Å². The Morgan fingerprint density at radius 1 is 1.38 bits per heavy atom. The van der Waals surface area contributed by atoms with Crippen LogP contribution in [0, 0.1) is 0 Å². The average molecular weight is 323 g/mol. The molecule has 118 valence electrons. The molecule has 0 aliphatic carbocycles. The number of rotatable bonds is 6. The number of alkyl halides is 3. The van der Waals surface area contributed by atoms with Gasteiger partial charge < -0.3 is 10.6 Å². The summed E-state index contributed by atoms with van der Waals surface area (Å²) in [5.41, 5.74) is -1.16. The van der Waals surface area contributed by atoms with Crippen molar-refractivity contribution < 1.29 is 18.0 Å². The van der Waals surface area contributed by atoms with Crippen molar-refractivity contribution in [2.75, 3.05) is 11.9 Å². The average Bonchev–Trinajstić information content (AvgIpc) is 2.39. The molecule has 0 aliphatic heterocycles. The van der Waals surface area contributed by atoms with Gasteiger partial charge in [0.15, 0.2) is 0 Å². The summed E-state index contributed by atoms with van der Waals surface area (Å²) in [6.07, 6.45) is -2.80. The SMILES string of the molecule is CCCCNC(=O)C(C)Nc1c(Cl)cccc1C(F)(F)F. The monoisotopic (exact) mass is 322 g/mol. The van der Waals surface area contributed by atoms with Crippen LogP contribution in [0.5, 0.6) is 0 Å². The Hall–Kier alpha value is -1.43. The van der Waals surface area contributed by atoms with Crippen LogP contribution in [0.3, 0.4) is 0 Å². The molecule has 0 aliphatic rings. The van der Waals surface area contributed by atoms with Crippen molar-refractivity contribution in [3.05, 3.63) is 28.8 Å². The standard InChI is InChI=1S/C14H18ClF3N2O/c1-3-4-8-19-13(21)9(2)20-12-10(14(16,17)18)6-5-7-11(12)15/h5-7,9,20H,3-4,8H2,1-2H3,(H,19,21). The van der Waals surface area contributed by atoms with Gasteiger partial charge in [-0.2, -0.15) is 13.2 Å². The molecule has 1 atom stereocenters. The lowest BCUT2D eigenvalue weighted by Gasteiger charge is -2.20. The fourth-order valence-corrected chi connectivity index (χ4v) is 1.96. The highest BCUT2D eigenvalue weighted by Gasteiger charge is 2.35. The molecule has 0 aromatic heterocycles. The number of carbonyl (C=O) groups is 1. The van der Waals surface area contributed by atoms with E-state index in [0.29, 0.717) is 6.54 Å². The van der Waals surface area contributed by atoms with Gasteiger partial charge in [-0.25, -0.2) is 0 Å². The zero-order valence-electron chi connectivity index (χ0n) is 11.9. The van der Waals surface area contributed by atoms with Crippen LogP contribution in [-0.2, 0) is 11.0 Å². The van der Waals surface area contributed by atoms with E-state index in [1.165, 1.54) is 19.1 Å². The zero-order valence-corrected chi connectivity index (χ0v) is 12.6. The molecule has 0 saturated carbocycles. The Balaban J connectivity index is 2.85. The van der Waals surface area contributed by atoms with Gasteiger partial charge in [0.05, 0.1) is 16.3 Å². The summed E-state index contributed by atoms with van der Waals surface area (Å²) in [5.74, 6) is -0.364. The molecule has 1 unspecified atom stereocenters. The number of unbranched alkanes of at least 4 members (excludes halogenated alkanes) is 1. The van der Waals surface area contributed by atoms with E-state index in [-0.39, 0.29) is 16.6 Å². The van der Waals surface area contributed by atoms with Crippen LogP contribution in [0.1, 0.15) is 32.3 Å². The number of halogens is 4. The molecule has 0 fully saturated rings. The second-order valence-corrected chi connectivity index (χ2v) is 5.08. The number of para-hydroxylation sites is 1. The summed E-state index contributed by atoms with van der Waals surface area (Å²) >= 11 is 5.82. The molecular weight excluding hydrogens is 305 g/mol. The van der Waals surface area contributed by atoms with E-state index < -0.39 is 17.8 Å². The van der Waals surface area contributed by atoms with Crippen LogP contribution in [0.25, 0.3) is 0 Å². The Bertz CT molecular complexity index is 492. The van der Waals surface area contributed by atoms with E-state index in [1.54, 1.807) is 0 Å². The van der Waals surface area contributed by atoms with E-state index in [4.69, 9.17) is 11.6 Å². The van der Waals surface area contributed by atoms with Crippen molar-refractivity contribution in [2.45, 2.75) is 38.9 Å². The highest BCUT2D eigenvalue weighted by molar-refractivity contribution is 6.33. The van der Waals surface area contributed by atoms with Crippen molar-refractivity contribution >= 4 is 23.2 Å². The predicted molar refractivity (Wildman–Crippen MR) is 77.5 cm³/mol. The maximum Gasteiger partial charge on any atom is 0.418 e. The summed E-state index contributed by atoms with van der Waals surface area (Å²) < 4.78 is 38.8. The van der Waals surface area contributed by atoms with Gasteiger partial charge in [0.25, 0.3) is 0 Å². The summed E-state index contributed by atoms with van der Waals surface area (Å²) in [5, 5.41) is 5.13. The third kappa shape index (κ3) is 5.12. The van der Waals surface area contributed by atoms with E-state index in [1.807, 2.05) is 6.92 Å². The van der Waals surface area contributed by atoms with Gasteiger partial charge in [-0.1, -0.05) is 31.0 Å². The molecule has 0 saturated heterocycles. The topological polar surface area (TPSA) is 41.1 Å². The smallest absolute Gasteiger partial charge is 0.372 e. The van der Waals surface area contributed by atoms with Gasteiger partial charge in [-0.3, -0.25) is 4.79 Å². The van der Waals surface area contributed by atoms with Crippen molar-refractivity contribution in [1.82, 2.24) is 5.32 Å². The first-order chi connectivity index (χ1) is 9.77. The van der Waals surface area contributed by atoms with Gasteiger partial charge in [0.1, 0.15) is 6.04 Å². The number of anilines is 1. The van der Waals surface area contributed by atoms with Gasteiger partial charge in [-0.15, -0.1) is 0 Å². The van der Waals surface area contributed by atoms with Crippen LogP contribution in [0.15, 0.2) is 18.2 Å². The number of nitrogens with one attached hydrogen (secondary N) is 2. The minimum Gasteiger partial charge on any atom is -0.372 e. The first kappa shape index (κ1) is 17.6. The van der Waals surface area contributed by atoms with Crippen LogP contribution >= 0.6 is 11.6 Å². The van der Waals surface area contributed by atoms with Gasteiger partial charge >= 0.3 is 6.18 Å². The first-order valence-electron chi connectivity index (χ1n) is 6.67. The van der Waals surface area contributed by atoms with Crippen LogP contribution in [-0.4, -0.2) is 18.5 Å². The number of hydrogen-bond donors (Lipinski definition) is 2. The second kappa shape index (κ2) is 7.54. The molecular formula is C14H18ClF3N2O. The van der Waals surface area contributed by atoms with E-state index in [9.17, 15) is 18.0 Å². The lowest BCUT2D eigenvalue weighted by molar-refractivity contribution is -0.137. The first-order valence-corrected chi connectivity index (χ1v) is 7.05. The Labute approximate surface area is 126 Å². The summed E-state index contributed by atoms with van der Waals surface area (Å²) in [4.78, 5) is 11.8. The fourth-order valence-electron chi connectivity index (χ4n) is 1.73. The zero-order chi connectivity index (χ0) is 16.0. The summed E-state index contributed by atoms with van der Waals surface area (Å²) in [6.45, 7) is 3.97. The van der Waals surface area contributed by atoms with E-state index >= 15 is 0 Å². The lowest BCUT2D eigenvalue weighted by atomic mass is 10.1. The molecule has 0 spiro atoms. The summed E-state index contributed by atoms with van der Waals surface area (Å²) in [6, 6.07) is 2.68. The minimum atomic E-state index is -4.54. The summed E-state index contributed by atoms with van der Waals surface area (Å²) in [7, 11) is 0. The largest absolute Gasteiger partial charge is 0.418 e. The van der Waals surface area contributed by atoms with Crippen molar-refractivity contribution in [1.29, 1.82) is 0 Å². The molecule has 1 aromatic rings. The van der Waals surface area contributed by atoms with E-state index in [2.05, 4.69) is 10.6 Å². The highest BCUT2D eigenvalue weighted by Crippen LogP contribution is 2.38. The number of amides is 1. The Kier molecular flexibility index (Phi) is 6.33. The number of hydrogen-bond acceptors (Lipinski definition) is 2. The molecule has 1 rings (SSSR count). The number of carbonyl (C=O) groups excluding carboxylic acids is 1. The molecule has 0 bridgehead atoms. The predicted octanol–water partition coefficient (Wildman–Crippen LogP) is 4.08. The maximum absolute atomic E-state index is 12.9. The minimum absolute atomic E-state index is 0.0713. The normalized spacial score (nSPS) is 12.9. The molecule has 3 nitrogen and oxygen atoms in total. The Morgan fingerprint density at radius 3 is 2.62 bits per heavy atom. The molecule has 21 heavy (non-hydrogen) atoms. The van der Waals surface area contributed by atoms with Crippen LogP contribution in [0.2, 0.25) is 5.02 Å². The molecule has 7 heteroatoms. The quantitative estimate of drug-likeness (QED) is 0.775. The van der Waals surface area contributed by atoms with E-state index in [0.717, 1.165) is 18.9 Å². The van der Waals surface area contributed by atoms with Crippen molar-refractivity contribution in [2.24, 2.45) is 0 Å². The maximum atomic E-state index is 12.9. The molecule has 1 aromatic carbocycles.